The largest absolute Gasteiger partial charge is 0.390 e. The van der Waals surface area contributed by atoms with Crippen molar-refractivity contribution in [3.63, 3.8) is 0 Å². The van der Waals surface area contributed by atoms with Gasteiger partial charge in [0.25, 0.3) is 0 Å². The zero-order valence-electron chi connectivity index (χ0n) is 17.5. The zero-order chi connectivity index (χ0) is 21.6. The van der Waals surface area contributed by atoms with Crippen LogP contribution in [0.2, 0.25) is 10.2 Å². The highest BCUT2D eigenvalue weighted by Gasteiger charge is 2.57. The number of halogens is 2. The predicted molar refractivity (Wildman–Crippen MR) is 122 cm³/mol. The Bertz CT molecular complexity index is 1200. The van der Waals surface area contributed by atoms with E-state index in [0.717, 1.165) is 55.4 Å². The molecule has 162 valence electrons. The van der Waals surface area contributed by atoms with E-state index in [1.54, 1.807) is 12.4 Å². The fraction of sp³-hybridized carbons (Fsp3) is 0.500. The van der Waals surface area contributed by atoms with Crippen LogP contribution in [-0.4, -0.2) is 43.5 Å². The van der Waals surface area contributed by atoms with Gasteiger partial charge in [0.05, 0.1) is 39.3 Å². The minimum Gasteiger partial charge on any atom is -0.390 e. The van der Waals surface area contributed by atoms with E-state index in [2.05, 4.69) is 27.2 Å². The van der Waals surface area contributed by atoms with Crippen LogP contribution < -0.4 is 10.2 Å². The van der Waals surface area contributed by atoms with Crippen LogP contribution in [0.1, 0.15) is 39.5 Å². The maximum absolute atomic E-state index is 10.1. The summed E-state index contributed by atoms with van der Waals surface area (Å²) in [7, 11) is 0. The Morgan fingerprint density at radius 1 is 1.10 bits per heavy atom. The predicted octanol–water partition coefficient (Wildman–Crippen LogP) is 4.74. The molecule has 3 aromatic rings. The lowest BCUT2D eigenvalue weighted by molar-refractivity contribution is -0.126. The Morgan fingerprint density at radius 3 is 2.52 bits per heavy atom. The first-order valence-electron chi connectivity index (χ1n) is 10.6. The molecule has 2 aliphatic carbocycles. The van der Waals surface area contributed by atoms with Gasteiger partial charge < -0.3 is 15.3 Å². The Labute approximate surface area is 190 Å². The van der Waals surface area contributed by atoms with E-state index >= 15 is 0 Å². The van der Waals surface area contributed by atoms with E-state index < -0.39 is 5.60 Å². The van der Waals surface area contributed by atoms with Crippen LogP contribution in [-0.2, 0) is 5.54 Å². The van der Waals surface area contributed by atoms with Crippen molar-refractivity contribution >= 4 is 51.4 Å². The second-order valence-corrected chi connectivity index (χ2v) is 10.9. The van der Waals surface area contributed by atoms with Crippen LogP contribution in [0.15, 0.2) is 24.5 Å². The highest BCUT2D eigenvalue weighted by atomic mass is 35.5. The van der Waals surface area contributed by atoms with Gasteiger partial charge in [0.15, 0.2) is 5.15 Å². The molecule has 7 nitrogen and oxygen atoms in total. The van der Waals surface area contributed by atoms with Gasteiger partial charge in [0, 0.05) is 30.1 Å². The molecular weight excluding hydrogens is 435 g/mol. The third-order valence-electron chi connectivity index (χ3n) is 7.00. The van der Waals surface area contributed by atoms with Crippen molar-refractivity contribution in [1.29, 1.82) is 0 Å². The van der Waals surface area contributed by atoms with Crippen molar-refractivity contribution in [1.82, 2.24) is 19.7 Å². The fourth-order valence-electron chi connectivity index (χ4n) is 5.37. The second kappa shape index (κ2) is 6.24. The zero-order valence-corrected chi connectivity index (χ0v) is 19.0. The van der Waals surface area contributed by atoms with Crippen LogP contribution in [0, 0.1) is 5.41 Å². The van der Waals surface area contributed by atoms with E-state index in [1.165, 1.54) is 0 Å². The van der Waals surface area contributed by atoms with Gasteiger partial charge in [-0.25, -0.2) is 14.6 Å². The van der Waals surface area contributed by atoms with Crippen LogP contribution in [0.25, 0.3) is 10.9 Å². The normalized spacial score (nSPS) is 22.3. The van der Waals surface area contributed by atoms with E-state index in [-0.39, 0.29) is 11.0 Å². The first kappa shape index (κ1) is 19.6. The number of nitrogens with zero attached hydrogens (tertiary/aromatic N) is 5. The maximum Gasteiger partial charge on any atom is 0.227 e. The van der Waals surface area contributed by atoms with E-state index in [1.807, 2.05) is 23.7 Å². The molecule has 3 aliphatic rings. The molecule has 31 heavy (non-hydrogen) atoms. The molecule has 1 aliphatic heterocycles. The summed E-state index contributed by atoms with van der Waals surface area (Å²) in [5.41, 5.74) is 2.23. The minimum atomic E-state index is -0.515. The molecule has 2 aromatic heterocycles. The topological polar surface area (TPSA) is 79.1 Å². The molecule has 0 atom stereocenters. The number of fused-ring (bicyclic) bond motifs is 1. The van der Waals surface area contributed by atoms with Crippen LogP contribution >= 0.6 is 23.2 Å². The van der Waals surface area contributed by atoms with Crippen molar-refractivity contribution in [3.8, 4) is 0 Å². The molecule has 0 radical (unpaired) electrons. The summed E-state index contributed by atoms with van der Waals surface area (Å²) in [5.74, 6) is 0.471. The van der Waals surface area contributed by atoms with Gasteiger partial charge in [-0.1, -0.05) is 23.2 Å². The van der Waals surface area contributed by atoms with Gasteiger partial charge in [-0.2, -0.15) is 5.10 Å². The SMILES string of the molecule is CC1(O)CC2(CN(c3cc4nc(Nc5cnn(C6(C)CC6)c5Cl)ncc4cc3Cl)C2)C1. The van der Waals surface area contributed by atoms with Crippen molar-refractivity contribution in [3.05, 3.63) is 34.7 Å². The molecule has 0 amide bonds. The van der Waals surface area contributed by atoms with Gasteiger partial charge in [-0.15, -0.1) is 0 Å². The van der Waals surface area contributed by atoms with Crippen molar-refractivity contribution in [2.45, 2.75) is 50.7 Å². The number of rotatable bonds is 4. The Hall–Kier alpha value is -2.09. The fourth-order valence-corrected chi connectivity index (χ4v) is 6.01. The Balaban J connectivity index is 1.25. The number of aliphatic hydroxyl groups is 1. The number of nitrogens with one attached hydrogen (secondary N) is 1. The molecule has 2 N–H and O–H groups in total. The smallest absolute Gasteiger partial charge is 0.227 e. The molecule has 9 heteroatoms. The molecule has 1 aromatic carbocycles. The first-order valence-corrected chi connectivity index (χ1v) is 11.4. The van der Waals surface area contributed by atoms with Crippen molar-refractivity contribution in [2.24, 2.45) is 5.41 Å². The molecule has 2 saturated carbocycles. The molecule has 0 unspecified atom stereocenters. The summed E-state index contributed by atoms with van der Waals surface area (Å²) in [6, 6.07) is 3.93. The summed E-state index contributed by atoms with van der Waals surface area (Å²) in [5, 5.41) is 19.9. The van der Waals surface area contributed by atoms with Gasteiger partial charge >= 0.3 is 0 Å². The van der Waals surface area contributed by atoms with E-state index in [4.69, 9.17) is 28.2 Å². The third kappa shape index (κ3) is 3.17. The van der Waals surface area contributed by atoms with Gasteiger partial charge in [0.2, 0.25) is 5.95 Å². The molecule has 1 spiro atoms. The van der Waals surface area contributed by atoms with Crippen LogP contribution in [0.3, 0.4) is 0 Å². The quantitative estimate of drug-likeness (QED) is 0.587. The Kier molecular flexibility index (Phi) is 3.94. The highest BCUT2D eigenvalue weighted by Crippen LogP contribution is 2.55. The Morgan fingerprint density at radius 2 is 1.84 bits per heavy atom. The molecule has 6 rings (SSSR count). The summed E-state index contributed by atoms with van der Waals surface area (Å²) in [4.78, 5) is 11.4. The van der Waals surface area contributed by atoms with Gasteiger partial charge in [-0.3, -0.25) is 0 Å². The first-order chi connectivity index (χ1) is 14.7. The number of aromatic nitrogens is 4. The standard InChI is InChI=1S/C22H24Cl2N6O/c1-20(3-4-20)30-18(24)16(8-26-30)28-19-25-7-13-5-14(23)17(6-15(13)27-19)29-11-22(12-29)9-21(2,31)10-22/h5-8,31H,3-4,9-12H2,1-2H3,(H,25,27,28). The summed E-state index contributed by atoms with van der Waals surface area (Å²) < 4.78 is 1.87. The monoisotopic (exact) mass is 458 g/mol. The lowest BCUT2D eigenvalue weighted by Gasteiger charge is -2.62. The number of anilines is 3. The third-order valence-corrected chi connectivity index (χ3v) is 7.66. The summed E-state index contributed by atoms with van der Waals surface area (Å²) >= 11 is 13.1. The lowest BCUT2D eigenvalue weighted by Crippen LogP contribution is -2.67. The molecule has 0 bridgehead atoms. The van der Waals surface area contributed by atoms with Crippen LogP contribution in [0.4, 0.5) is 17.3 Å². The van der Waals surface area contributed by atoms with Gasteiger partial charge in [-0.05, 0) is 51.7 Å². The maximum atomic E-state index is 10.1. The molecular formula is C22H24Cl2N6O. The number of hydrogen-bond acceptors (Lipinski definition) is 6. The summed E-state index contributed by atoms with van der Waals surface area (Å²) in [6.45, 7) is 5.89. The van der Waals surface area contributed by atoms with E-state index in [0.29, 0.717) is 21.8 Å². The summed E-state index contributed by atoms with van der Waals surface area (Å²) in [6.07, 6.45) is 7.36. The van der Waals surface area contributed by atoms with Gasteiger partial charge in [0.1, 0.15) is 0 Å². The number of benzene rings is 1. The molecule has 3 heterocycles. The minimum absolute atomic E-state index is 0.0232. The average molecular weight is 459 g/mol. The van der Waals surface area contributed by atoms with Crippen LogP contribution in [0.5, 0.6) is 0 Å². The average Bonchev–Trinajstić information content (AvgIpc) is 3.30. The lowest BCUT2D eigenvalue weighted by atomic mass is 9.56. The van der Waals surface area contributed by atoms with E-state index in [9.17, 15) is 5.11 Å². The highest BCUT2D eigenvalue weighted by molar-refractivity contribution is 6.34. The molecule has 1 saturated heterocycles. The molecule has 3 fully saturated rings. The number of hydrogen-bond donors (Lipinski definition) is 2. The van der Waals surface area contributed by atoms with Crippen molar-refractivity contribution < 1.29 is 5.11 Å². The second-order valence-electron chi connectivity index (χ2n) is 10.1. The van der Waals surface area contributed by atoms with Crippen molar-refractivity contribution in [2.75, 3.05) is 23.3 Å².